The number of para-hydroxylation sites is 2. The Kier molecular flexibility index (Phi) is 4.77. The number of hydrogen-bond donors (Lipinski definition) is 1. The second-order valence-corrected chi connectivity index (χ2v) is 7.69. The van der Waals surface area contributed by atoms with Crippen LogP contribution < -0.4 is 5.32 Å². The molecule has 1 aromatic carbocycles. The summed E-state index contributed by atoms with van der Waals surface area (Å²) in [5.74, 6) is -0.0909. The number of carbonyl (C=O) groups is 1. The molecule has 0 unspecified atom stereocenters. The first kappa shape index (κ1) is 17.5. The van der Waals surface area contributed by atoms with Crippen LogP contribution in [0.3, 0.4) is 0 Å². The Hall–Kier alpha value is -2.93. The van der Waals surface area contributed by atoms with Crippen molar-refractivity contribution in [2.45, 2.75) is 26.8 Å². The quantitative estimate of drug-likeness (QED) is 0.411. The summed E-state index contributed by atoms with van der Waals surface area (Å²) in [5.41, 5.74) is 4.00. The lowest BCUT2D eigenvalue weighted by molar-refractivity contribution is -0.116. The number of benzene rings is 1. The zero-order chi connectivity index (χ0) is 18.8. The fourth-order valence-electron chi connectivity index (χ4n) is 3.14. The van der Waals surface area contributed by atoms with E-state index < -0.39 is 0 Å². The van der Waals surface area contributed by atoms with Crippen molar-refractivity contribution in [3.63, 3.8) is 0 Å². The predicted molar refractivity (Wildman–Crippen MR) is 109 cm³/mol. The van der Waals surface area contributed by atoms with E-state index in [1.54, 1.807) is 17.4 Å². The van der Waals surface area contributed by atoms with Gasteiger partial charge in [-0.3, -0.25) is 9.20 Å². The Bertz CT molecular complexity index is 1130. The van der Waals surface area contributed by atoms with Gasteiger partial charge in [-0.25, -0.2) is 9.97 Å². The molecule has 0 bridgehead atoms. The van der Waals surface area contributed by atoms with E-state index in [4.69, 9.17) is 0 Å². The zero-order valence-corrected chi connectivity index (χ0v) is 16.2. The van der Waals surface area contributed by atoms with Crippen LogP contribution in [-0.4, -0.2) is 31.4 Å². The van der Waals surface area contributed by atoms with Gasteiger partial charge in [-0.1, -0.05) is 12.1 Å². The van der Waals surface area contributed by atoms with Crippen LogP contribution in [0.5, 0.6) is 0 Å². The molecule has 0 aliphatic heterocycles. The summed E-state index contributed by atoms with van der Waals surface area (Å²) < 4.78 is 4.14. The fraction of sp³-hybridized carbons (Fsp3) is 0.250. The third-order valence-electron chi connectivity index (χ3n) is 4.46. The normalized spacial score (nSPS) is 11.8. The summed E-state index contributed by atoms with van der Waals surface area (Å²) in [6.45, 7) is 5.45. The minimum atomic E-state index is -0.0909. The van der Waals surface area contributed by atoms with Gasteiger partial charge in [0.05, 0.1) is 28.7 Å². The summed E-state index contributed by atoms with van der Waals surface area (Å²) in [6.07, 6.45) is 8.16. The van der Waals surface area contributed by atoms with Crippen LogP contribution >= 0.6 is 11.3 Å². The van der Waals surface area contributed by atoms with Crippen molar-refractivity contribution < 1.29 is 4.79 Å². The number of nitrogens with one attached hydrogen (secondary N) is 1. The average Bonchev–Trinajstić information content (AvgIpc) is 3.30. The molecule has 138 valence electrons. The van der Waals surface area contributed by atoms with Gasteiger partial charge < -0.3 is 9.88 Å². The molecule has 1 N–H and O–H groups in total. The number of carbonyl (C=O) groups excluding carboxylic acids is 1. The van der Waals surface area contributed by atoms with E-state index in [-0.39, 0.29) is 5.91 Å². The zero-order valence-electron chi connectivity index (χ0n) is 15.3. The lowest BCUT2D eigenvalue weighted by atomic mass is 10.3. The van der Waals surface area contributed by atoms with Crippen molar-refractivity contribution in [3.05, 3.63) is 59.1 Å². The van der Waals surface area contributed by atoms with Crippen LogP contribution in [-0.2, 0) is 11.3 Å². The highest BCUT2D eigenvalue weighted by Gasteiger charge is 2.09. The number of hydrogen-bond acceptors (Lipinski definition) is 4. The van der Waals surface area contributed by atoms with Crippen molar-refractivity contribution in [1.29, 1.82) is 0 Å². The lowest BCUT2D eigenvalue weighted by Crippen LogP contribution is -2.23. The van der Waals surface area contributed by atoms with Gasteiger partial charge in [0, 0.05) is 30.2 Å². The molecule has 4 rings (SSSR count). The van der Waals surface area contributed by atoms with Crippen LogP contribution in [0.1, 0.15) is 22.7 Å². The molecule has 0 spiro atoms. The molecule has 7 heteroatoms. The lowest BCUT2D eigenvalue weighted by Gasteiger charge is -2.05. The predicted octanol–water partition coefficient (Wildman–Crippen LogP) is 3.58. The molecule has 1 amide bonds. The molecule has 3 aromatic heterocycles. The summed E-state index contributed by atoms with van der Waals surface area (Å²) in [6, 6.07) is 8.06. The van der Waals surface area contributed by atoms with E-state index in [1.165, 1.54) is 4.88 Å². The maximum absolute atomic E-state index is 12.1. The Balaban J connectivity index is 1.31. The average molecular weight is 379 g/mol. The van der Waals surface area contributed by atoms with Gasteiger partial charge in [0.2, 0.25) is 5.91 Å². The maximum Gasteiger partial charge on any atom is 0.244 e. The summed E-state index contributed by atoms with van der Waals surface area (Å²) in [5, 5.41) is 2.94. The van der Waals surface area contributed by atoms with Crippen molar-refractivity contribution in [1.82, 2.24) is 24.3 Å². The Morgan fingerprint density at radius 1 is 1.30 bits per heavy atom. The van der Waals surface area contributed by atoms with Crippen molar-refractivity contribution in [2.24, 2.45) is 0 Å². The van der Waals surface area contributed by atoms with E-state index in [0.717, 1.165) is 40.3 Å². The summed E-state index contributed by atoms with van der Waals surface area (Å²) in [4.78, 5) is 23.2. The highest BCUT2D eigenvalue weighted by molar-refractivity contribution is 7.17. The van der Waals surface area contributed by atoms with Crippen LogP contribution in [0.2, 0.25) is 0 Å². The van der Waals surface area contributed by atoms with Gasteiger partial charge >= 0.3 is 0 Å². The standard InChI is InChI=1S/C20H21N5OS/c1-14-12-25-17(15(2)23-20(25)27-14)8-9-19(26)21-10-5-11-24-13-22-16-6-3-4-7-18(16)24/h3-4,6-9,12-13H,5,10-11H2,1-2H3,(H,21,26). The number of thiazole rings is 1. The van der Waals surface area contributed by atoms with E-state index in [0.29, 0.717) is 6.54 Å². The second kappa shape index (κ2) is 7.36. The van der Waals surface area contributed by atoms with Gasteiger partial charge in [0.1, 0.15) is 0 Å². The van der Waals surface area contributed by atoms with Gasteiger partial charge in [-0.2, -0.15) is 0 Å². The molecule has 27 heavy (non-hydrogen) atoms. The number of rotatable bonds is 6. The monoisotopic (exact) mass is 379 g/mol. The fourth-order valence-corrected chi connectivity index (χ4v) is 4.02. The van der Waals surface area contributed by atoms with Gasteiger partial charge in [0.25, 0.3) is 0 Å². The first-order chi connectivity index (χ1) is 13.1. The molecule has 0 saturated carbocycles. The van der Waals surface area contributed by atoms with Crippen molar-refractivity contribution in [2.75, 3.05) is 6.54 Å². The topological polar surface area (TPSA) is 64.2 Å². The minimum absolute atomic E-state index is 0.0909. The number of aryl methyl sites for hydroxylation is 3. The molecule has 0 radical (unpaired) electrons. The molecule has 6 nitrogen and oxygen atoms in total. The number of aromatic nitrogens is 4. The highest BCUT2D eigenvalue weighted by Crippen LogP contribution is 2.21. The van der Waals surface area contributed by atoms with Crippen molar-refractivity contribution >= 4 is 39.3 Å². The van der Waals surface area contributed by atoms with E-state index in [9.17, 15) is 4.79 Å². The van der Waals surface area contributed by atoms with Crippen molar-refractivity contribution in [3.8, 4) is 0 Å². The molecular formula is C20H21N5OS. The highest BCUT2D eigenvalue weighted by atomic mass is 32.1. The molecular weight excluding hydrogens is 358 g/mol. The van der Waals surface area contributed by atoms with Gasteiger partial charge in [0.15, 0.2) is 4.96 Å². The molecule has 4 aromatic rings. The van der Waals surface area contributed by atoms with Gasteiger partial charge in [-0.15, -0.1) is 11.3 Å². The Labute approximate surface area is 161 Å². The number of fused-ring (bicyclic) bond motifs is 2. The van der Waals surface area contributed by atoms with Crippen LogP contribution in [0.4, 0.5) is 0 Å². The largest absolute Gasteiger partial charge is 0.352 e. The molecule has 0 aliphatic carbocycles. The van der Waals surface area contributed by atoms with E-state index >= 15 is 0 Å². The minimum Gasteiger partial charge on any atom is -0.352 e. The van der Waals surface area contributed by atoms with Crippen LogP contribution in [0, 0.1) is 13.8 Å². The molecule has 0 aliphatic rings. The third-order valence-corrected chi connectivity index (χ3v) is 5.36. The third kappa shape index (κ3) is 3.64. The molecule has 3 heterocycles. The Morgan fingerprint density at radius 2 is 2.15 bits per heavy atom. The molecule has 0 atom stereocenters. The number of nitrogens with zero attached hydrogens (tertiary/aromatic N) is 4. The maximum atomic E-state index is 12.1. The van der Waals surface area contributed by atoms with Crippen LogP contribution in [0.25, 0.3) is 22.1 Å². The molecule has 0 saturated heterocycles. The first-order valence-corrected chi connectivity index (χ1v) is 9.74. The Morgan fingerprint density at radius 3 is 3.04 bits per heavy atom. The van der Waals surface area contributed by atoms with Crippen LogP contribution in [0.15, 0.2) is 42.9 Å². The summed E-state index contributed by atoms with van der Waals surface area (Å²) in [7, 11) is 0. The van der Waals surface area contributed by atoms with E-state index in [2.05, 4.69) is 32.8 Å². The SMILES string of the molecule is Cc1cn2c(C=CC(=O)NCCCn3cnc4ccccc43)c(C)nc2s1. The number of amides is 1. The van der Waals surface area contributed by atoms with Gasteiger partial charge in [-0.05, 0) is 38.5 Å². The molecule has 0 fully saturated rings. The summed E-state index contributed by atoms with van der Waals surface area (Å²) >= 11 is 1.65. The first-order valence-electron chi connectivity index (χ1n) is 8.93. The van der Waals surface area contributed by atoms with E-state index in [1.807, 2.05) is 48.1 Å². The smallest absolute Gasteiger partial charge is 0.244 e. The second-order valence-electron chi connectivity index (χ2n) is 6.48. The number of imidazole rings is 2.